The van der Waals surface area contributed by atoms with Crippen LogP contribution in [0.1, 0.15) is 13.3 Å². The van der Waals surface area contributed by atoms with Crippen LogP contribution in [0.3, 0.4) is 0 Å². The Morgan fingerprint density at radius 1 is 1.47 bits per heavy atom. The zero-order valence-corrected chi connectivity index (χ0v) is 12.5. The van der Waals surface area contributed by atoms with Gasteiger partial charge in [-0.25, -0.2) is 4.98 Å². The normalized spacial score (nSPS) is 10.4. The summed E-state index contributed by atoms with van der Waals surface area (Å²) in [4.78, 5) is 27.0. The maximum atomic E-state index is 11.6. The van der Waals surface area contributed by atoms with E-state index in [0.717, 1.165) is 14.7 Å². The highest BCUT2D eigenvalue weighted by Gasteiger charge is 2.12. The molecule has 2 aromatic rings. The minimum atomic E-state index is -0.538. The summed E-state index contributed by atoms with van der Waals surface area (Å²) < 4.78 is 6.61. The van der Waals surface area contributed by atoms with Gasteiger partial charge in [-0.2, -0.15) is 0 Å². The molecule has 5 nitrogen and oxygen atoms in total. The molecule has 0 aliphatic rings. The van der Waals surface area contributed by atoms with Crippen LogP contribution in [0.5, 0.6) is 0 Å². The SMILES string of the molecule is CCOC(=O)CC(=O)Nc1nc2ccc(Br)cc2s1. The molecule has 1 heterocycles. The Morgan fingerprint density at radius 3 is 3.00 bits per heavy atom. The molecule has 1 aromatic heterocycles. The van der Waals surface area contributed by atoms with Crippen molar-refractivity contribution in [3.63, 3.8) is 0 Å². The maximum Gasteiger partial charge on any atom is 0.315 e. The van der Waals surface area contributed by atoms with Gasteiger partial charge in [-0.05, 0) is 25.1 Å². The third-order valence-electron chi connectivity index (χ3n) is 2.21. The molecule has 0 atom stereocenters. The predicted octanol–water partition coefficient (Wildman–Crippen LogP) is 2.95. The third kappa shape index (κ3) is 3.74. The maximum absolute atomic E-state index is 11.6. The fourth-order valence-electron chi connectivity index (χ4n) is 1.46. The van der Waals surface area contributed by atoms with Gasteiger partial charge in [0.15, 0.2) is 5.13 Å². The number of amides is 1. The van der Waals surface area contributed by atoms with E-state index in [9.17, 15) is 9.59 Å². The molecule has 0 spiro atoms. The van der Waals surface area contributed by atoms with E-state index in [1.54, 1.807) is 6.92 Å². The van der Waals surface area contributed by atoms with Crippen LogP contribution < -0.4 is 5.32 Å². The number of rotatable bonds is 4. The Labute approximate surface area is 122 Å². The second kappa shape index (κ2) is 6.12. The first-order valence-electron chi connectivity index (χ1n) is 5.60. The summed E-state index contributed by atoms with van der Waals surface area (Å²) in [6, 6.07) is 5.66. The number of aromatic nitrogens is 1. The van der Waals surface area contributed by atoms with Gasteiger partial charge in [-0.3, -0.25) is 9.59 Å². The minimum absolute atomic E-state index is 0.265. The number of nitrogens with one attached hydrogen (secondary N) is 1. The molecule has 2 rings (SSSR count). The molecule has 0 bridgehead atoms. The molecule has 0 saturated carbocycles. The quantitative estimate of drug-likeness (QED) is 0.685. The fourth-order valence-corrected chi connectivity index (χ4v) is 2.89. The second-order valence-corrected chi connectivity index (χ2v) is 5.61. The number of fused-ring (bicyclic) bond motifs is 1. The fraction of sp³-hybridized carbons (Fsp3) is 0.250. The highest BCUT2D eigenvalue weighted by molar-refractivity contribution is 9.10. The number of benzene rings is 1. The molecular formula is C12H11BrN2O3S. The molecule has 1 N–H and O–H groups in total. The number of hydrogen-bond donors (Lipinski definition) is 1. The van der Waals surface area contributed by atoms with Crippen LogP contribution in [-0.4, -0.2) is 23.5 Å². The standard InChI is InChI=1S/C12H11BrN2O3S/c1-2-18-11(17)6-10(16)15-12-14-8-4-3-7(13)5-9(8)19-12/h3-5H,2,6H2,1H3,(H,14,15,16). The van der Waals surface area contributed by atoms with Crippen LogP contribution >= 0.6 is 27.3 Å². The lowest BCUT2D eigenvalue weighted by Gasteiger charge is -2.01. The first-order valence-corrected chi connectivity index (χ1v) is 7.21. The van der Waals surface area contributed by atoms with Crippen molar-refractivity contribution in [3.8, 4) is 0 Å². The third-order valence-corrected chi connectivity index (χ3v) is 3.63. The summed E-state index contributed by atoms with van der Waals surface area (Å²) in [5.41, 5.74) is 0.805. The molecule has 0 saturated heterocycles. The number of hydrogen-bond acceptors (Lipinski definition) is 5. The summed E-state index contributed by atoms with van der Waals surface area (Å²) in [5.74, 6) is -0.958. The number of carbonyl (C=O) groups excluding carboxylic acids is 2. The van der Waals surface area contributed by atoms with Crippen molar-refractivity contribution in [1.82, 2.24) is 4.98 Å². The zero-order chi connectivity index (χ0) is 13.8. The molecule has 1 aromatic carbocycles. The molecule has 0 aliphatic heterocycles. The summed E-state index contributed by atoms with van der Waals surface area (Å²) >= 11 is 4.73. The summed E-state index contributed by atoms with van der Waals surface area (Å²) in [6.07, 6.45) is -0.298. The van der Waals surface area contributed by atoms with E-state index < -0.39 is 11.9 Å². The van der Waals surface area contributed by atoms with E-state index in [1.165, 1.54) is 11.3 Å². The smallest absolute Gasteiger partial charge is 0.315 e. The minimum Gasteiger partial charge on any atom is -0.466 e. The van der Waals surface area contributed by atoms with E-state index in [4.69, 9.17) is 4.74 Å². The lowest BCUT2D eigenvalue weighted by Crippen LogP contribution is -2.17. The summed E-state index contributed by atoms with van der Waals surface area (Å²) in [6.45, 7) is 1.96. The molecule has 19 heavy (non-hydrogen) atoms. The number of thiazole rings is 1. The largest absolute Gasteiger partial charge is 0.466 e. The van der Waals surface area contributed by atoms with Crippen molar-refractivity contribution in [2.45, 2.75) is 13.3 Å². The zero-order valence-electron chi connectivity index (χ0n) is 10.1. The van der Waals surface area contributed by atoms with Gasteiger partial charge in [0, 0.05) is 4.47 Å². The lowest BCUT2D eigenvalue weighted by molar-refractivity contribution is -0.145. The molecule has 7 heteroatoms. The molecule has 100 valence electrons. The predicted molar refractivity (Wildman–Crippen MR) is 77.2 cm³/mol. The van der Waals surface area contributed by atoms with Crippen molar-refractivity contribution in [3.05, 3.63) is 22.7 Å². The van der Waals surface area contributed by atoms with Gasteiger partial charge in [-0.1, -0.05) is 27.3 Å². The Bertz CT molecular complexity index is 626. The average molecular weight is 343 g/mol. The van der Waals surface area contributed by atoms with E-state index >= 15 is 0 Å². The molecular weight excluding hydrogens is 332 g/mol. The molecule has 0 unspecified atom stereocenters. The van der Waals surface area contributed by atoms with Crippen LogP contribution in [0, 0.1) is 0 Å². The number of halogens is 1. The van der Waals surface area contributed by atoms with Gasteiger partial charge in [-0.15, -0.1) is 0 Å². The van der Waals surface area contributed by atoms with E-state index in [0.29, 0.717) is 5.13 Å². The average Bonchev–Trinajstić information content (AvgIpc) is 2.70. The number of esters is 1. The Morgan fingerprint density at radius 2 is 2.26 bits per heavy atom. The summed E-state index contributed by atoms with van der Waals surface area (Å²) in [5, 5.41) is 3.07. The number of carbonyl (C=O) groups is 2. The van der Waals surface area contributed by atoms with Gasteiger partial charge < -0.3 is 10.1 Å². The molecule has 0 aliphatic carbocycles. The van der Waals surface area contributed by atoms with E-state index in [1.807, 2.05) is 18.2 Å². The molecule has 1 amide bonds. The van der Waals surface area contributed by atoms with Gasteiger partial charge >= 0.3 is 5.97 Å². The van der Waals surface area contributed by atoms with Crippen molar-refractivity contribution in [2.24, 2.45) is 0 Å². The first kappa shape index (κ1) is 14.0. The van der Waals surface area contributed by atoms with Gasteiger partial charge in [0.25, 0.3) is 0 Å². The first-order chi connectivity index (χ1) is 9.08. The second-order valence-electron chi connectivity index (χ2n) is 3.66. The molecule has 0 radical (unpaired) electrons. The monoisotopic (exact) mass is 342 g/mol. The Hall–Kier alpha value is -1.47. The van der Waals surface area contributed by atoms with Gasteiger partial charge in [0.05, 0.1) is 16.8 Å². The summed E-state index contributed by atoms with van der Waals surface area (Å²) in [7, 11) is 0. The van der Waals surface area contributed by atoms with E-state index in [2.05, 4.69) is 26.2 Å². The van der Waals surface area contributed by atoms with Crippen LogP contribution in [-0.2, 0) is 14.3 Å². The lowest BCUT2D eigenvalue weighted by atomic mass is 10.3. The Kier molecular flexibility index (Phi) is 4.49. The van der Waals surface area contributed by atoms with Gasteiger partial charge in [0.2, 0.25) is 5.91 Å². The van der Waals surface area contributed by atoms with Gasteiger partial charge in [0.1, 0.15) is 6.42 Å². The van der Waals surface area contributed by atoms with Crippen molar-refractivity contribution < 1.29 is 14.3 Å². The van der Waals surface area contributed by atoms with Crippen LogP contribution in [0.2, 0.25) is 0 Å². The highest BCUT2D eigenvalue weighted by Crippen LogP contribution is 2.28. The highest BCUT2D eigenvalue weighted by atomic mass is 79.9. The Balaban J connectivity index is 2.05. The topological polar surface area (TPSA) is 68.3 Å². The number of ether oxygens (including phenoxy) is 1. The van der Waals surface area contributed by atoms with Crippen LogP contribution in [0.25, 0.3) is 10.2 Å². The van der Waals surface area contributed by atoms with Crippen molar-refractivity contribution in [2.75, 3.05) is 11.9 Å². The van der Waals surface area contributed by atoms with E-state index in [-0.39, 0.29) is 13.0 Å². The van der Waals surface area contributed by atoms with Crippen LogP contribution in [0.4, 0.5) is 5.13 Å². The molecule has 0 fully saturated rings. The van der Waals surface area contributed by atoms with Crippen molar-refractivity contribution in [1.29, 1.82) is 0 Å². The van der Waals surface area contributed by atoms with Crippen molar-refractivity contribution >= 4 is 54.5 Å². The number of anilines is 1. The number of nitrogens with zero attached hydrogens (tertiary/aromatic N) is 1. The van der Waals surface area contributed by atoms with Crippen LogP contribution in [0.15, 0.2) is 22.7 Å².